The van der Waals surface area contributed by atoms with E-state index >= 15 is 0 Å². The molecule has 0 aliphatic carbocycles. The number of aromatic nitrogens is 1. The van der Waals surface area contributed by atoms with Crippen LogP contribution in [0.4, 0.5) is 5.00 Å². The summed E-state index contributed by atoms with van der Waals surface area (Å²) in [6.45, 7) is 3.47. The van der Waals surface area contributed by atoms with Crippen molar-refractivity contribution in [2.75, 3.05) is 5.32 Å². The van der Waals surface area contributed by atoms with Crippen LogP contribution in [0, 0.1) is 18.3 Å². The van der Waals surface area contributed by atoms with E-state index in [9.17, 15) is 10.1 Å². The Morgan fingerprint density at radius 3 is 2.50 bits per heavy atom. The number of carbonyl (C=O) groups is 1. The zero-order valence-corrected chi connectivity index (χ0v) is 16.5. The number of aryl methyl sites for hydroxylation is 1. The normalized spacial score (nSPS) is 11.4. The van der Waals surface area contributed by atoms with Crippen LogP contribution < -0.4 is 5.32 Å². The maximum Gasteiger partial charge on any atom is 0.221 e. The molecule has 1 aromatic heterocycles. The van der Waals surface area contributed by atoms with Crippen LogP contribution in [0.1, 0.15) is 23.1 Å². The third-order valence-corrected chi connectivity index (χ3v) is 4.95. The summed E-state index contributed by atoms with van der Waals surface area (Å²) in [7, 11) is 0. The second-order valence-corrected chi connectivity index (χ2v) is 7.20. The SMILES string of the molecule is CC(=O)Nc1sc(C(C#N)=CC=Cc2ccccc2)nc1-c1ccc(C)cc1. The van der Waals surface area contributed by atoms with Crippen LogP contribution in [0.3, 0.4) is 0 Å². The molecule has 0 radical (unpaired) electrons. The number of carbonyl (C=O) groups excluding carboxylic acids is 1. The van der Waals surface area contributed by atoms with Gasteiger partial charge in [-0.1, -0.05) is 83.6 Å². The molecule has 1 amide bonds. The lowest BCUT2D eigenvalue weighted by Gasteiger charge is -2.03. The lowest BCUT2D eigenvalue weighted by Crippen LogP contribution is -2.05. The fraction of sp³-hybridized carbons (Fsp3) is 0.0870. The number of rotatable bonds is 5. The molecule has 1 heterocycles. The number of anilines is 1. The molecular formula is C23H19N3OS. The minimum absolute atomic E-state index is 0.171. The van der Waals surface area contributed by atoms with Crippen molar-refractivity contribution in [3.63, 3.8) is 0 Å². The minimum atomic E-state index is -0.171. The van der Waals surface area contributed by atoms with E-state index in [1.54, 1.807) is 6.08 Å². The second-order valence-electron chi connectivity index (χ2n) is 6.21. The predicted octanol–water partition coefficient (Wildman–Crippen LogP) is 5.70. The highest BCUT2D eigenvalue weighted by Crippen LogP contribution is 2.36. The van der Waals surface area contributed by atoms with E-state index in [1.807, 2.05) is 73.7 Å². The fourth-order valence-electron chi connectivity index (χ4n) is 2.56. The topological polar surface area (TPSA) is 65.8 Å². The largest absolute Gasteiger partial charge is 0.316 e. The van der Waals surface area contributed by atoms with Crippen LogP contribution in [0.5, 0.6) is 0 Å². The number of thiazole rings is 1. The van der Waals surface area contributed by atoms with Gasteiger partial charge in [-0.15, -0.1) is 0 Å². The van der Waals surface area contributed by atoms with Crippen molar-refractivity contribution in [2.24, 2.45) is 0 Å². The third kappa shape index (κ3) is 4.81. The number of benzene rings is 2. The van der Waals surface area contributed by atoms with Crippen LogP contribution in [-0.2, 0) is 4.79 Å². The molecule has 0 spiro atoms. The molecular weight excluding hydrogens is 366 g/mol. The molecule has 0 unspecified atom stereocenters. The zero-order chi connectivity index (χ0) is 19.9. The fourth-order valence-corrected chi connectivity index (χ4v) is 3.57. The Morgan fingerprint density at radius 1 is 1.14 bits per heavy atom. The summed E-state index contributed by atoms with van der Waals surface area (Å²) < 4.78 is 0. The molecule has 0 fully saturated rings. The Morgan fingerprint density at radius 2 is 1.86 bits per heavy atom. The first-order valence-corrected chi connectivity index (χ1v) is 9.58. The van der Waals surface area contributed by atoms with Crippen molar-refractivity contribution in [1.82, 2.24) is 4.98 Å². The van der Waals surface area contributed by atoms with E-state index in [0.29, 0.717) is 21.3 Å². The summed E-state index contributed by atoms with van der Waals surface area (Å²) >= 11 is 1.30. The molecule has 0 aliphatic rings. The number of allylic oxidation sites excluding steroid dienone is 3. The molecule has 28 heavy (non-hydrogen) atoms. The van der Waals surface area contributed by atoms with Crippen LogP contribution in [-0.4, -0.2) is 10.9 Å². The highest BCUT2D eigenvalue weighted by atomic mass is 32.1. The lowest BCUT2D eigenvalue weighted by atomic mass is 10.1. The first kappa shape index (κ1) is 19.3. The number of nitrogens with one attached hydrogen (secondary N) is 1. The van der Waals surface area contributed by atoms with Gasteiger partial charge in [0.2, 0.25) is 5.91 Å². The Labute approximate surface area is 168 Å². The molecule has 138 valence electrons. The molecule has 2 aromatic carbocycles. The highest BCUT2D eigenvalue weighted by molar-refractivity contribution is 7.17. The van der Waals surface area contributed by atoms with Gasteiger partial charge in [0.1, 0.15) is 21.8 Å². The van der Waals surface area contributed by atoms with Gasteiger partial charge in [0.25, 0.3) is 0 Å². The summed E-state index contributed by atoms with van der Waals surface area (Å²) in [5.74, 6) is -0.171. The first-order valence-electron chi connectivity index (χ1n) is 8.76. The minimum Gasteiger partial charge on any atom is -0.316 e. The molecule has 4 nitrogen and oxygen atoms in total. The Balaban J connectivity index is 1.96. The first-order chi connectivity index (χ1) is 13.6. The van der Waals surface area contributed by atoms with Gasteiger partial charge in [0, 0.05) is 12.5 Å². The van der Waals surface area contributed by atoms with Crippen molar-refractivity contribution in [2.45, 2.75) is 13.8 Å². The molecule has 0 atom stereocenters. The summed E-state index contributed by atoms with van der Waals surface area (Å²) in [5, 5.41) is 13.6. The van der Waals surface area contributed by atoms with Gasteiger partial charge in [-0.05, 0) is 18.6 Å². The zero-order valence-electron chi connectivity index (χ0n) is 15.6. The number of nitrogens with zero attached hydrogens (tertiary/aromatic N) is 2. The van der Waals surface area contributed by atoms with Gasteiger partial charge >= 0.3 is 0 Å². The molecule has 0 aliphatic heterocycles. The molecule has 0 saturated carbocycles. The number of nitriles is 1. The van der Waals surface area contributed by atoms with E-state index in [0.717, 1.165) is 16.7 Å². The monoisotopic (exact) mass is 385 g/mol. The average molecular weight is 385 g/mol. The van der Waals surface area contributed by atoms with Gasteiger partial charge in [-0.25, -0.2) is 4.98 Å². The van der Waals surface area contributed by atoms with Gasteiger partial charge in [0.05, 0.1) is 5.57 Å². The van der Waals surface area contributed by atoms with Crippen LogP contribution >= 0.6 is 11.3 Å². The lowest BCUT2D eigenvalue weighted by molar-refractivity contribution is -0.114. The van der Waals surface area contributed by atoms with Crippen molar-refractivity contribution in [1.29, 1.82) is 5.26 Å². The molecule has 1 N–H and O–H groups in total. The number of amides is 1. The average Bonchev–Trinajstić information content (AvgIpc) is 3.09. The summed E-state index contributed by atoms with van der Waals surface area (Å²) in [4.78, 5) is 16.2. The molecule has 3 rings (SSSR count). The van der Waals surface area contributed by atoms with Gasteiger partial charge in [-0.3, -0.25) is 4.79 Å². The van der Waals surface area contributed by atoms with E-state index in [2.05, 4.69) is 16.4 Å². The van der Waals surface area contributed by atoms with Crippen molar-refractivity contribution in [3.05, 3.63) is 82.9 Å². The highest BCUT2D eigenvalue weighted by Gasteiger charge is 2.16. The van der Waals surface area contributed by atoms with E-state index < -0.39 is 0 Å². The van der Waals surface area contributed by atoms with Gasteiger partial charge < -0.3 is 5.32 Å². The summed E-state index contributed by atoms with van der Waals surface area (Å²) in [6.07, 6.45) is 5.50. The van der Waals surface area contributed by atoms with Crippen LogP contribution in [0.2, 0.25) is 0 Å². The second kappa shape index (κ2) is 8.94. The molecule has 0 saturated heterocycles. The Bertz CT molecular complexity index is 1070. The standard InChI is InChI=1S/C23H19N3OS/c1-16-11-13-19(14-12-16)21-23(25-17(2)27)28-22(26-21)20(15-24)10-6-9-18-7-4-3-5-8-18/h3-14H,1-2H3,(H,25,27). The van der Waals surface area contributed by atoms with Gasteiger partial charge in [0.15, 0.2) is 0 Å². The predicted molar refractivity (Wildman–Crippen MR) is 116 cm³/mol. The number of hydrogen-bond acceptors (Lipinski definition) is 4. The van der Waals surface area contributed by atoms with Crippen molar-refractivity contribution < 1.29 is 4.79 Å². The van der Waals surface area contributed by atoms with Crippen molar-refractivity contribution in [3.8, 4) is 17.3 Å². The molecule has 3 aromatic rings. The van der Waals surface area contributed by atoms with E-state index in [-0.39, 0.29) is 5.91 Å². The Hall–Kier alpha value is -3.49. The molecule has 5 heteroatoms. The van der Waals surface area contributed by atoms with Crippen molar-refractivity contribution >= 4 is 33.9 Å². The quantitative estimate of drug-likeness (QED) is 0.453. The maximum atomic E-state index is 11.6. The van der Waals surface area contributed by atoms with Crippen LogP contribution in [0.15, 0.2) is 66.7 Å². The number of hydrogen-bond donors (Lipinski definition) is 1. The Kier molecular flexibility index (Phi) is 6.15. The van der Waals surface area contributed by atoms with Crippen LogP contribution in [0.25, 0.3) is 22.9 Å². The third-order valence-electron chi connectivity index (χ3n) is 3.94. The maximum absolute atomic E-state index is 11.6. The smallest absolute Gasteiger partial charge is 0.221 e. The summed E-state index contributed by atoms with van der Waals surface area (Å²) in [6, 6.07) is 20.0. The van der Waals surface area contributed by atoms with E-state index in [1.165, 1.54) is 18.3 Å². The van der Waals surface area contributed by atoms with Gasteiger partial charge in [-0.2, -0.15) is 5.26 Å². The molecule has 0 bridgehead atoms. The van der Waals surface area contributed by atoms with E-state index in [4.69, 9.17) is 0 Å². The summed E-state index contributed by atoms with van der Waals surface area (Å²) in [5.41, 5.74) is 4.21.